The van der Waals surface area contributed by atoms with E-state index in [0.29, 0.717) is 17.9 Å². The van der Waals surface area contributed by atoms with Crippen molar-refractivity contribution in [3.63, 3.8) is 0 Å². The highest BCUT2D eigenvalue weighted by Crippen LogP contribution is 2.56. The normalized spacial score (nSPS) is 14.8. The third kappa shape index (κ3) is 3.12. The summed E-state index contributed by atoms with van der Waals surface area (Å²) in [7, 11) is 1.88. The van der Waals surface area contributed by atoms with Crippen LogP contribution in [-0.2, 0) is 5.41 Å². The number of rotatable bonds is 7. The monoisotopic (exact) mass is 375 g/mol. The molecule has 1 saturated carbocycles. The maximum Gasteiger partial charge on any atom is 0.249 e. The molecule has 1 fully saturated rings. The van der Waals surface area contributed by atoms with Gasteiger partial charge in [0.2, 0.25) is 5.91 Å². The minimum absolute atomic E-state index is 0.114. The first kappa shape index (κ1) is 18.4. The Hall–Kier alpha value is -2.92. The molecule has 5 heteroatoms. The molecule has 0 bridgehead atoms. The number of amides is 1. The van der Waals surface area contributed by atoms with Gasteiger partial charge in [-0.05, 0) is 67.1 Å². The van der Waals surface area contributed by atoms with Crippen LogP contribution in [0.2, 0.25) is 0 Å². The van der Waals surface area contributed by atoms with Gasteiger partial charge in [0.05, 0.1) is 0 Å². The Bertz CT molecular complexity index is 1040. The lowest BCUT2D eigenvalue weighted by Crippen LogP contribution is -2.20. The fraction of sp³-hybridized carbons (Fsp3) is 0.304. The second-order valence-electron chi connectivity index (χ2n) is 7.44. The van der Waals surface area contributed by atoms with Gasteiger partial charge in [-0.1, -0.05) is 18.2 Å². The third-order valence-electron chi connectivity index (χ3n) is 5.73. The molecule has 0 unspecified atom stereocenters. The highest BCUT2D eigenvalue weighted by molar-refractivity contribution is 5.95. The number of pyridine rings is 1. The van der Waals surface area contributed by atoms with Crippen LogP contribution in [0, 0.1) is 6.92 Å². The highest BCUT2D eigenvalue weighted by atomic mass is 16.5. The molecule has 28 heavy (non-hydrogen) atoms. The smallest absolute Gasteiger partial charge is 0.249 e. The molecule has 0 saturated heterocycles. The average molecular weight is 375 g/mol. The van der Waals surface area contributed by atoms with Crippen molar-refractivity contribution in [2.75, 3.05) is 20.2 Å². The predicted molar refractivity (Wildman–Crippen MR) is 111 cm³/mol. The molecule has 0 aliphatic heterocycles. The summed E-state index contributed by atoms with van der Waals surface area (Å²) in [6, 6.07) is 12.3. The molecule has 0 spiro atoms. The minimum Gasteiger partial charge on any atom is -0.492 e. The molecule has 1 aliphatic rings. The van der Waals surface area contributed by atoms with Crippen molar-refractivity contribution in [1.29, 1.82) is 0 Å². The van der Waals surface area contributed by atoms with Gasteiger partial charge in [0.15, 0.2) is 0 Å². The number of fused-ring (bicyclic) bond motifs is 1. The van der Waals surface area contributed by atoms with Crippen LogP contribution < -0.4 is 15.8 Å². The number of benzene rings is 2. The number of nitrogens with two attached hydrogens (primary N) is 1. The second-order valence-corrected chi connectivity index (χ2v) is 7.44. The van der Waals surface area contributed by atoms with Gasteiger partial charge in [0.25, 0.3) is 0 Å². The van der Waals surface area contributed by atoms with E-state index in [9.17, 15) is 4.79 Å². The Balaban J connectivity index is 1.86. The molecule has 1 aromatic heterocycles. The Kier molecular flexibility index (Phi) is 4.77. The minimum atomic E-state index is -0.421. The van der Waals surface area contributed by atoms with Gasteiger partial charge < -0.3 is 15.8 Å². The molecule has 144 valence electrons. The van der Waals surface area contributed by atoms with Crippen LogP contribution >= 0.6 is 0 Å². The first-order chi connectivity index (χ1) is 13.6. The summed E-state index contributed by atoms with van der Waals surface area (Å²) < 4.78 is 5.90. The third-order valence-corrected chi connectivity index (χ3v) is 5.73. The molecule has 5 nitrogen and oxygen atoms in total. The van der Waals surface area contributed by atoms with Crippen LogP contribution in [0.15, 0.2) is 48.8 Å². The molecule has 1 aliphatic carbocycles. The molecular weight excluding hydrogens is 350 g/mol. The second kappa shape index (κ2) is 7.24. The Labute approximate surface area is 164 Å². The Morgan fingerprint density at radius 3 is 2.79 bits per heavy atom. The summed E-state index contributed by atoms with van der Waals surface area (Å²) >= 11 is 0. The Morgan fingerprint density at radius 1 is 1.25 bits per heavy atom. The molecule has 2 aromatic carbocycles. The summed E-state index contributed by atoms with van der Waals surface area (Å²) in [4.78, 5) is 16.4. The summed E-state index contributed by atoms with van der Waals surface area (Å²) in [5.74, 6) is 0.272. The van der Waals surface area contributed by atoms with E-state index in [1.807, 2.05) is 26.4 Å². The van der Waals surface area contributed by atoms with E-state index in [1.165, 1.54) is 10.9 Å². The van der Waals surface area contributed by atoms with E-state index < -0.39 is 5.91 Å². The number of likely N-dealkylation sites (N-methyl/N-ethyl adjacent to an activating group) is 1. The van der Waals surface area contributed by atoms with E-state index in [0.717, 1.165) is 35.9 Å². The number of nitrogens with one attached hydrogen (secondary N) is 1. The van der Waals surface area contributed by atoms with Crippen molar-refractivity contribution in [1.82, 2.24) is 10.3 Å². The standard InChI is InChI=1S/C23H25N3O2/c1-15-19(22(24)27)12-17(28-11-10-25-2)13-21(15)23(7-8-23)20-5-3-4-16-14-26-9-6-18(16)20/h3-6,9,12-14,25H,7-8,10-11H2,1-2H3,(H2,24,27). The van der Waals surface area contributed by atoms with Crippen molar-refractivity contribution in [3.8, 4) is 5.75 Å². The van der Waals surface area contributed by atoms with Gasteiger partial charge in [-0.15, -0.1) is 0 Å². The molecule has 1 amide bonds. The fourth-order valence-electron chi connectivity index (χ4n) is 4.14. The SMILES string of the molecule is CNCCOc1cc(C(N)=O)c(C)c(C2(c3cccc4cnccc34)CC2)c1. The van der Waals surface area contributed by atoms with Gasteiger partial charge in [-0.25, -0.2) is 0 Å². The van der Waals surface area contributed by atoms with Crippen LogP contribution in [0.4, 0.5) is 0 Å². The summed E-state index contributed by atoms with van der Waals surface area (Å²) in [5.41, 5.74) is 9.45. The Morgan fingerprint density at radius 2 is 2.07 bits per heavy atom. The number of hydrogen-bond acceptors (Lipinski definition) is 4. The average Bonchev–Trinajstić information content (AvgIpc) is 3.50. The lowest BCUT2D eigenvalue weighted by molar-refractivity contribution is 0.0999. The van der Waals surface area contributed by atoms with Crippen molar-refractivity contribution >= 4 is 16.7 Å². The molecular formula is C23H25N3O2. The van der Waals surface area contributed by atoms with Crippen LogP contribution in [0.5, 0.6) is 5.75 Å². The number of ether oxygens (including phenoxy) is 1. The van der Waals surface area contributed by atoms with E-state index in [1.54, 1.807) is 6.07 Å². The largest absolute Gasteiger partial charge is 0.492 e. The summed E-state index contributed by atoms with van der Waals surface area (Å²) in [6.07, 6.45) is 5.80. The fourth-order valence-corrected chi connectivity index (χ4v) is 4.14. The molecule has 1 heterocycles. The zero-order valence-electron chi connectivity index (χ0n) is 16.3. The van der Waals surface area contributed by atoms with Crippen molar-refractivity contribution in [2.24, 2.45) is 5.73 Å². The maximum atomic E-state index is 12.1. The van der Waals surface area contributed by atoms with E-state index in [2.05, 4.69) is 40.6 Å². The molecule has 3 aromatic rings. The van der Waals surface area contributed by atoms with E-state index in [-0.39, 0.29) is 5.41 Å². The maximum absolute atomic E-state index is 12.1. The van der Waals surface area contributed by atoms with Crippen molar-refractivity contribution < 1.29 is 9.53 Å². The lowest BCUT2D eigenvalue weighted by atomic mass is 9.81. The number of carbonyl (C=O) groups excluding carboxylic acids is 1. The predicted octanol–water partition coefficient (Wildman–Crippen LogP) is 3.32. The van der Waals surface area contributed by atoms with Gasteiger partial charge in [-0.3, -0.25) is 9.78 Å². The quantitative estimate of drug-likeness (QED) is 0.621. The molecule has 0 radical (unpaired) electrons. The zero-order chi connectivity index (χ0) is 19.7. The zero-order valence-corrected chi connectivity index (χ0v) is 16.3. The van der Waals surface area contributed by atoms with Gasteiger partial charge >= 0.3 is 0 Å². The van der Waals surface area contributed by atoms with Crippen LogP contribution in [-0.4, -0.2) is 31.1 Å². The molecule has 3 N–H and O–H groups in total. The number of nitrogens with zero attached hydrogens (tertiary/aromatic N) is 1. The number of carbonyl (C=O) groups is 1. The van der Waals surface area contributed by atoms with E-state index in [4.69, 9.17) is 10.5 Å². The van der Waals surface area contributed by atoms with Gasteiger partial charge in [-0.2, -0.15) is 0 Å². The first-order valence-corrected chi connectivity index (χ1v) is 9.62. The summed E-state index contributed by atoms with van der Waals surface area (Å²) in [5, 5.41) is 5.40. The summed E-state index contributed by atoms with van der Waals surface area (Å²) in [6.45, 7) is 3.25. The van der Waals surface area contributed by atoms with E-state index >= 15 is 0 Å². The number of aromatic nitrogens is 1. The lowest BCUT2D eigenvalue weighted by Gasteiger charge is -2.23. The van der Waals surface area contributed by atoms with Crippen molar-refractivity contribution in [2.45, 2.75) is 25.2 Å². The van der Waals surface area contributed by atoms with Crippen LogP contribution in [0.3, 0.4) is 0 Å². The molecule has 0 atom stereocenters. The highest BCUT2D eigenvalue weighted by Gasteiger charge is 2.48. The van der Waals surface area contributed by atoms with Crippen LogP contribution in [0.1, 0.15) is 39.9 Å². The first-order valence-electron chi connectivity index (χ1n) is 9.62. The van der Waals surface area contributed by atoms with Gasteiger partial charge in [0.1, 0.15) is 12.4 Å². The van der Waals surface area contributed by atoms with Gasteiger partial charge in [0, 0.05) is 35.3 Å². The van der Waals surface area contributed by atoms with Crippen molar-refractivity contribution in [3.05, 3.63) is 71.0 Å². The number of primary amides is 1. The topological polar surface area (TPSA) is 77.2 Å². The number of hydrogen-bond donors (Lipinski definition) is 2. The van der Waals surface area contributed by atoms with Crippen LogP contribution in [0.25, 0.3) is 10.8 Å². The molecule has 4 rings (SSSR count).